The van der Waals surface area contributed by atoms with Crippen molar-refractivity contribution >= 4 is 6.21 Å². The standard InChI is InChI=1S/C13H19NO/c1-4-8-10(6(2)9-5-14-9)13-11(7(3)15)12(8)13/h5,7-13,15H,2,4H2,1,3H3. The van der Waals surface area contributed by atoms with Crippen LogP contribution in [0.5, 0.6) is 0 Å². The zero-order chi connectivity index (χ0) is 10.7. The van der Waals surface area contributed by atoms with Crippen LogP contribution < -0.4 is 0 Å². The molecule has 1 aliphatic heterocycles. The Morgan fingerprint density at radius 2 is 2.20 bits per heavy atom. The van der Waals surface area contributed by atoms with E-state index in [9.17, 15) is 5.11 Å². The highest BCUT2D eigenvalue weighted by molar-refractivity contribution is 5.82. The Hall–Kier alpha value is -0.630. The molecule has 7 unspecified atom stereocenters. The Morgan fingerprint density at radius 1 is 1.53 bits per heavy atom. The predicted molar refractivity (Wildman–Crippen MR) is 60.8 cm³/mol. The fourth-order valence-electron chi connectivity index (χ4n) is 3.94. The first-order valence-electron chi connectivity index (χ1n) is 6.06. The molecule has 0 amide bonds. The number of aliphatic hydroxyl groups is 1. The van der Waals surface area contributed by atoms with Gasteiger partial charge in [0.1, 0.15) is 6.04 Å². The van der Waals surface area contributed by atoms with Gasteiger partial charge in [0.05, 0.1) is 6.10 Å². The number of nitrogens with zero attached hydrogens (tertiary/aromatic N) is 1. The molecular weight excluding hydrogens is 186 g/mol. The van der Waals surface area contributed by atoms with E-state index in [1.54, 1.807) is 0 Å². The predicted octanol–water partition coefficient (Wildman–Crippen LogP) is 1.89. The molecule has 2 aliphatic carbocycles. The summed E-state index contributed by atoms with van der Waals surface area (Å²) in [6.07, 6.45) is 3.08. The summed E-state index contributed by atoms with van der Waals surface area (Å²) in [6.45, 7) is 8.39. The van der Waals surface area contributed by atoms with Gasteiger partial charge in [-0.15, -0.1) is 0 Å². The Balaban J connectivity index is 1.71. The lowest BCUT2D eigenvalue weighted by atomic mass is 9.68. The van der Waals surface area contributed by atoms with Crippen molar-refractivity contribution < 1.29 is 5.11 Å². The van der Waals surface area contributed by atoms with Gasteiger partial charge in [-0.2, -0.15) is 0 Å². The normalized spacial score (nSPS) is 51.7. The van der Waals surface area contributed by atoms with E-state index in [1.165, 1.54) is 12.0 Å². The number of aliphatic hydroxyl groups excluding tert-OH is 1. The highest BCUT2D eigenvalue weighted by Crippen LogP contribution is 2.72. The summed E-state index contributed by atoms with van der Waals surface area (Å²) in [5.74, 6) is 3.48. The van der Waals surface area contributed by atoms with Crippen LogP contribution in [-0.2, 0) is 0 Å². The molecule has 0 radical (unpaired) electrons. The average molecular weight is 205 g/mol. The smallest absolute Gasteiger partial charge is 0.105 e. The van der Waals surface area contributed by atoms with Crippen molar-refractivity contribution in [3.8, 4) is 0 Å². The van der Waals surface area contributed by atoms with Crippen molar-refractivity contribution in [3.05, 3.63) is 12.2 Å². The van der Waals surface area contributed by atoms with Crippen LogP contribution in [0.1, 0.15) is 20.3 Å². The average Bonchev–Trinajstić information content (AvgIpc) is 2.98. The van der Waals surface area contributed by atoms with Crippen molar-refractivity contribution in [1.29, 1.82) is 0 Å². The Bertz CT molecular complexity index is 327. The molecule has 0 bridgehead atoms. The summed E-state index contributed by atoms with van der Waals surface area (Å²) in [5.41, 5.74) is 1.31. The summed E-state index contributed by atoms with van der Waals surface area (Å²) in [4.78, 5) is 4.21. The quantitative estimate of drug-likeness (QED) is 0.698. The molecule has 1 N–H and O–H groups in total. The van der Waals surface area contributed by atoms with Crippen molar-refractivity contribution in [2.24, 2.45) is 34.6 Å². The van der Waals surface area contributed by atoms with E-state index in [1.807, 2.05) is 13.1 Å². The summed E-state index contributed by atoms with van der Waals surface area (Å²) in [6, 6.07) is 0.347. The van der Waals surface area contributed by atoms with E-state index in [-0.39, 0.29) is 6.10 Å². The van der Waals surface area contributed by atoms with Gasteiger partial charge in [-0.1, -0.05) is 19.9 Å². The fraction of sp³-hybridized carbons (Fsp3) is 0.769. The molecule has 3 aliphatic rings. The number of fused-ring (bicyclic) bond motifs is 1. The van der Waals surface area contributed by atoms with Gasteiger partial charge >= 0.3 is 0 Å². The van der Waals surface area contributed by atoms with Crippen LogP contribution in [0.3, 0.4) is 0 Å². The molecule has 82 valence electrons. The van der Waals surface area contributed by atoms with E-state index in [2.05, 4.69) is 18.5 Å². The maximum Gasteiger partial charge on any atom is 0.105 e. The maximum absolute atomic E-state index is 9.68. The molecule has 0 aromatic heterocycles. The zero-order valence-electron chi connectivity index (χ0n) is 9.43. The molecule has 7 atom stereocenters. The second kappa shape index (κ2) is 2.94. The molecule has 2 saturated carbocycles. The summed E-state index contributed by atoms with van der Waals surface area (Å²) in [7, 11) is 0. The Kier molecular flexibility index (Phi) is 1.88. The van der Waals surface area contributed by atoms with E-state index in [4.69, 9.17) is 0 Å². The number of aliphatic imine (C=N–C) groups is 1. The van der Waals surface area contributed by atoms with Crippen LogP contribution in [0, 0.1) is 29.6 Å². The number of hydrogen-bond acceptors (Lipinski definition) is 2. The molecule has 2 nitrogen and oxygen atoms in total. The molecule has 0 saturated heterocycles. The topological polar surface area (TPSA) is 32.6 Å². The lowest BCUT2D eigenvalue weighted by Gasteiger charge is -2.36. The van der Waals surface area contributed by atoms with Gasteiger partial charge in [0.15, 0.2) is 0 Å². The second-order valence-corrected chi connectivity index (χ2v) is 5.39. The minimum atomic E-state index is -0.132. The van der Waals surface area contributed by atoms with Gasteiger partial charge in [0.2, 0.25) is 0 Å². The van der Waals surface area contributed by atoms with Crippen LogP contribution in [-0.4, -0.2) is 23.5 Å². The molecule has 3 rings (SSSR count). The highest BCUT2D eigenvalue weighted by Gasteiger charge is 2.70. The number of hydrogen-bond donors (Lipinski definition) is 1. The van der Waals surface area contributed by atoms with Crippen LogP contribution in [0.25, 0.3) is 0 Å². The lowest BCUT2D eigenvalue weighted by Crippen LogP contribution is -2.32. The van der Waals surface area contributed by atoms with E-state index < -0.39 is 0 Å². The molecule has 1 heterocycles. The van der Waals surface area contributed by atoms with Gasteiger partial charge in [-0.3, -0.25) is 4.99 Å². The van der Waals surface area contributed by atoms with Gasteiger partial charge in [-0.05, 0) is 42.1 Å². The van der Waals surface area contributed by atoms with Gasteiger partial charge < -0.3 is 5.11 Å². The monoisotopic (exact) mass is 205 g/mol. The highest BCUT2D eigenvalue weighted by atomic mass is 16.3. The van der Waals surface area contributed by atoms with Crippen LogP contribution in [0.4, 0.5) is 0 Å². The molecule has 15 heavy (non-hydrogen) atoms. The Labute approximate surface area is 91.1 Å². The summed E-state index contributed by atoms with van der Waals surface area (Å²) in [5, 5.41) is 9.68. The largest absolute Gasteiger partial charge is 0.393 e. The SMILES string of the molecule is C=C(C1C=N1)C1C(CC)C2C(C(C)O)C12. The molecule has 0 aromatic carbocycles. The van der Waals surface area contributed by atoms with Crippen LogP contribution >= 0.6 is 0 Å². The van der Waals surface area contributed by atoms with E-state index in [0.717, 1.165) is 17.8 Å². The zero-order valence-corrected chi connectivity index (χ0v) is 9.43. The third-order valence-corrected chi connectivity index (χ3v) is 4.70. The fourth-order valence-corrected chi connectivity index (χ4v) is 3.94. The van der Waals surface area contributed by atoms with Crippen molar-refractivity contribution in [1.82, 2.24) is 0 Å². The lowest BCUT2D eigenvalue weighted by molar-refractivity contribution is 0.162. The van der Waals surface area contributed by atoms with Gasteiger partial charge in [-0.25, -0.2) is 0 Å². The maximum atomic E-state index is 9.68. The van der Waals surface area contributed by atoms with Gasteiger partial charge in [0.25, 0.3) is 0 Å². The molecule has 2 fully saturated rings. The minimum Gasteiger partial charge on any atom is -0.393 e. The van der Waals surface area contributed by atoms with Crippen LogP contribution in [0.15, 0.2) is 17.1 Å². The first-order chi connectivity index (χ1) is 7.16. The second-order valence-electron chi connectivity index (χ2n) is 5.39. The number of rotatable bonds is 4. The van der Waals surface area contributed by atoms with Crippen molar-refractivity contribution in [2.45, 2.75) is 32.4 Å². The molecule has 2 heteroatoms. The molecular formula is C13H19NO. The van der Waals surface area contributed by atoms with Crippen molar-refractivity contribution in [2.75, 3.05) is 0 Å². The Morgan fingerprint density at radius 3 is 2.67 bits per heavy atom. The van der Waals surface area contributed by atoms with Gasteiger partial charge in [0, 0.05) is 6.21 Å². The van der Waals surface area contributed by atoms with Crippen molar-refractivity contribution in [3.63, 3.8) is 0 Å². The summed E-state index contributed by atoms with van der Waals surface area (Å²) < 4.78 is 0. The minimum absolute atomic E-state index is 0.132. The van der Waals surface area contributed by atoms with Crippen LogP contribution in [0.2, 0.25) is 0 Å². The third-order valence-electron chi connectivity index (χ3n) is 4.70. The third kappa shape index (κ3) is 1.17. The first kappa shape index (κ1) is 9.59. The van der Waals surface area contributed by atoms with E-state index in [0.29, 0.717) is 17.9 Å². The van der Waals surface area contributed by atoms with E-state index >= 15 is 0 Å². The molecule has 0 spiro atoms. The molecule has 0 aromatic rings. The summed E-state index contributed by atoms with van der Waals surface area (Å²) >= 11 is 0. The first-order valence-corrected chi connectivity index (χ1v) is 6.06.